The minimum Gasteiger partial charge on any atom is -0.493 e. The van der Waals surface area contributed by atoms with Gasteiger partial charge in [0, 0.05) is 55.7 Å². The molecule has 0 aliphatic carbocycles. The van der Waals surface area contributed by atoms with Gasteiger partial charge in [-0.1, -0.05) is 0 Å². The Labute approximate surface area is 209 Å². The van der Waals surface area contributed by atoms with Gasteiger partial charge < -0.3 is 24.6 Å². The van der Waals surface area contributed by atoms with Crippen molar-refractivity contribution in [2.45, 2.75) is 45.0 Å². The largest absolute Gasteiger partial charge is 0.493 e. The van der Waals surface area contributed by atoms with E-state index in [0.717, 1.165) is 37.1 Å². The second kappa shape index (κ2) is 10.4. The fourth-order valence-electron chi connectivity index (χ4n) is 4.75. The topological polar surface area (TPSA) is 91.4 Å². The van der Waals surface area contributed by atoms with E-state index in [9.17, 15) is 8.78 Å². The van der Waals surface area contributed by atoms with E-state index in [4.69, 9.17) is 19.4 Å². The zero-order valence-electron chi connectivity index (χ0n) is 20.8. The molecule has 4 heterocycles. The molecule has 36 heavy (non-hydrogen) atoms. The van der Waals surface area contributed by atoms with E-state index in [1.54, 1.807) is 12.0 Å². The van der Waals surface area contributed by atoms with Crippen LogP contribution in [0.3, 0.4) is 0 Å². The lowest BCUT2D eigenvalue weighted by atomic mass is 10.1. The molecule has 0 bridgehead atoms. The van der Waals surface area contributed by atoms with Gasteiger partial charge in [-0.2, -0.15) is 10.1 Å². The Balaban J connectivity index is 1.43. The Kier molecular flexibility index (Phi) is 7.08. The lowest BCUT2D eigenvalue weighted by molar-refractivity contribution is -0.0222. The van der Waals surface area contributed by atoms with Gasteiger partial charge in [0.25, 0.3) is 5.92 Å². The van der Waals surface area contributed by atoms with E-state index in [1.807, 2.05) is 25.1 Å². The molecule has 3 aromatic rings. The fourth-order valence-corrected chi connectivity index (χ4v) is 4.75. The summed E-state index contributed by atoms with van der Waals surface area (Å²) in [5, 5.41) is 11.1. The number of benzene rings is 1. The van der Waals surface area contributed by atoms with E-state index in [1.165, 1.54) is 12.8 Å². The van der Waals surface area contributed by atoms with Crippen LogP contribution in [0.4, 0.5) is 26.4 Å². The summed E-state index contributed by atoms with van der Waals surface area (Å²) in [6, 6.07) is 5.56. The third-order valence-corrected chi connectivity index (χ3v) is 6.77. The standard InChI is InChI=1S/C25H33F2N7O2/c1-17-14-22(32-31-17)29-23-18-15-20(35-2)21(36-13-5-10-33-8-3-4-9-33)16-19(18)28-24(30-23)34-11-6-25(26,27)7-12-34/h14-16H,3-13H2,1-2H3,(H2,28,29,30,31,32). The van der Waals surface area contributed by atoms with Gasteiger partial charge in [-0.05, 0) is 45.3 Å². The first kappa shape index (κ1) is 24.5. The zero-order chi connectivity index (χ0) is 25.1. The van der Waals surface area contributed by atoms with E-state index in [2.05, 4.69) is 20.4 Å². The van der Waals surface area contributed by atoms with Crippen LogP contribution in [0.5, 0.6) is 11.5 Å². The lowest BCUT2D eigenvalue weighted by Gasteiger charge is -2.32. The first-order chi connectivity index (χ1) is 17.4. The molecule has 11 heteroatoms. The molecule has 2 N–H and O–H groups in total. The zero-order valence-corrected chi connectivity index (χ0v) is 20.8. The maximum Gasteiger partial charge on any atom is 0.251 e. The Morgan fingerprint density at radius 3 is 2.53 bits per heavy atom. The molecule has 2 saturated heterocycles. The summed E-state index contributed by atoms with van der Waals surface area (Å²) in [4.78, 5) is 13.7. The van der Waals surface area contributed by atoms with Gasteiger partial charge in [-0.3, -0.25) is 5.10 Å². The SMILES string of the molecule is COc1cc2c(Nc3cc(C)[nH]n3)nc(N3CCC(F)(F)CC3)nc2cc1OCCCN1CCCC1. The number of methoxy groups -OCH3 is 1. The van der Waals surface area contributed by atoms with Crippen LogP contribution < -0.4 is 19.7 Å². The number of rotatable bonds is 9. The minimum atomic E-state index is -2.65. The average Bonchev–Trinajstić information content (AvgIpc) is 3.53. The van der Waals surface area contributed by atoms with Crippen molar-refractivity contribution in [1.29, 1.82) is 0 Å². The molecule has 194 valence electrons. The van der Waals surface area contributed by atoms with Crippen LogP contribution in [0.1, 0.15) is 37.8 Å². The molecule has 9 nitrogen and oxygen atoms in total. The maximum atomic E-state index is 13.8. The molecule has 2 aromatic heterocycles. The molecule has 2 fully saturated rings. The number of aromatic nitrogens is 4. The van der Waals surface area contributed by atoms with E-state index in [-0.39, 0.29) is 25.9 Å². The number of H-pyrrole nitrogens is 1. The number of ether oxygens (including phenoxy) is 2. The highest BCUT2D eigenvalue weighted by atomic mass is 19.3. The second-order valence-electron chi connectivity index (χ2n) is 9.55. The molecular weight excluding hydrogens is 468 g/mol. The van der Waals surface area contributed by atoms with Crippen LogP contribution in [0, 0.1) is 6.92 Å². The number of alkyl halides is 2. The Morgan fingerprint density at radius 1 is 1.06 bits per heavy atom. The van der Waals surface area contributed by atoms with Crippen LogP contribution in [-0.4, -0.2) is 77.4 Å². The predicted molar refractivity (Wildman–Crippen MR) is 135 cm³/mol. The van der Waals surface area contributed by atoms with Crippen molar-refractivity contribution in [3.63, 3.8) is 0 Å². The molecule has 0 amide bonds. The Morgan fingerprint density at radius 2 is 1.83 bits per heavy atom. The van der Waals surface area contributed by atoms with Crippen molar-refractivity contribution in [2.75, 3.05) is 56.7 Å². The van der Waals surface area contributed by atoms with Crippen molar-refractivity contribution in [3.05, 3.63) is 23.9 Å². The van der Waals surface area contributed by atoms with E-state index >= 15 is 0 Å². The Bertz CT molecular complexity index is 1190. The quantitative estimate of drug-likeness (QED) is 0.414. The van der Waals surface area contributed by atoms with E-state index in [0.29, 0.717) is 41.2 Å². The number of hydrogen-bond donors (Lipinski definition) is 2. The predicted octanol–water partition coefficient (Wildman–Crippen LogP) is 4.51. The van der Waals surface area contributed by atoms with Gasteiger partial charge in [-0.25, -0.2) is 13.8 Å². The molecule has 0 saturated carbocycles. The van der Waals surface area contributed by atoms with Crippen molar-refractivity contribution < 1.29 is 18.3 Å². The van der Waals surface area contributed by atoms with Crippen LogP contribution >= 0.6 is 0 Å². The molecule has 0 spiro atoms. The summed E-state index contributed by atoms with van der Waals surface area (Å²) in [5.41, 5.74) is 1.54. The Hall–Kier alpha value is -3.21. The summed E-state index contributed by atoms with van der Waals surface area (Å²) in [6.45, 7) is 6.19. The highest BCUT2D eigenvalue weighted by Gasteiger charge is 2.35. The molecule has 1 aromatic carbocycles. The number of anilines is 3. The van der Waals surface area contributed by atoms with Crippen molar-refractivity contribution in [3.8, 4) is 11.5 Å². The summed E-state index contributed by atoms with van der Waals surface area (Å²) in [7, 11) is 1.60. The molecule has 0 atom stereocenters. The summed E-state index contributed by atoms with van der Waals surface area (Å²) >= 11 is 0. The molecule has 0 radical (unpaired) electrons. The van der Waals surface area contributed by atoms with Crippen molar-refractivity contribution in [2.24, 2.45) is 0 Å². The second-order valence-corrected chi connectivity index (χ2v) is 9.55. The number of nitrogens with zero attached hydrogens (tertiary/aromatic N) is 5. The van der Waals surface area contributed by atoms with Crippen molar-refractivity contribution >= 4 is 28.5 Å². The first-order valence-electron chi connectivity index (χ1n) is 12.6. The number of nitrogens with one attached hydrogen (secondary N) is 2. The highest BCUT2D eigenvalue weighted by molar-refractivity contribution is 5.94. The van der Waals surface area contributed by atoms with Gasteiger partial charge in [0.15, 0.2) is 17.3 Å². The maximum absolute atomic E-state index is 13.8. The normalized spacial score (nSPS) is 18.1. The number of piperidine rings is 1. The number of fused-ring (bicyclic) bond motifs is 1. The van der Waals surface area contributed by atoms with Crippen LogP contribution in [-0.2, 0) is 0 Å². The van der Waals surface area contributed by atoms with Gasteiger partial charge in [0.1, 0.15) is 5.82 Å². The van der Waals surface area contributed by atoms with Gasteiger partial charge in [-0.15, -0.1) is 0 Å². The minimum absolute atomic E-state index is 0.190. The summed E-state index contributed by atoms with van der Waals surface area (Å²) in [6.07, 6.45) is 3.02. The summed E-state index contributed by atoms with van der Waals surface area (Å²) in [5.74, 6) is 0.0620. The smallest absolute Gasteiger partial charge is 0.251 e. The van der Waals surface area contributed by atoms with Crippen LogP contribution in [0.25, 0.3) is 10.9 Å². The van der Waals surface area contributed by atoms with Gasteiger partial charge in [0.2, 0.25) is 5.95 Å². The monoisotopic (exact) mass is 501 g/mol. The number of halogens is 2. The van der Waals surface area contributed by atoms with Gasteiger partial charge in [0.05, 0.1) is 19.2 Å². The van der Waals surface area contributed by atoms with Crippen LogP contribution in [0.2, 0.25) is 0 Å². The third kappa shape index (κ3) is 5.61. The first-order valence-corrected chi connectivity index (χ1v) is 12.6. The molecule has 2 aliphatic heterocycles. The van der Waals surface area contributed by atoms with Crippen LogP contribution in [0.15, 0.2) is 18.2 Å². The number of aromatic amines is 1. The molecule has 5 rings (SSSR count). The van der Waals surface area contributed by atoms with Gasteiger partial charge >= 0.3 is 0 Å². The summed E-state index contributed by atoms with van der Waals surface area (Å²) < 4.78 is 39.3. The number of likely N-dealkylation sites (tertiary alicyclic amines) is 1. The fraction of sp³-hybridized carbons (Fsp3) is 0.560. The lowest BCUT2D eigenvalue weighted by Crippen LogP contribution is -2.40. The molecular formula is C25H33F2N7O2. The number of hydrogen-bond acceptors (Lipinski definition) is 8. The molecule has 2 aliphatic rings. The average molecular weight is 502 g/mol. The third-order valence-electron chi connectivity index (χ3n) is 6.77. The van der Waals surface area contributed by atoms with E-state index < -0.39 is 5.92 Å². The highest BCUT2D eigenvalue weighted by Crippen LogP contribution is 2.37. The molecule has 0 unspecified atom stereocenters. The number of aryl methyl sites for hydroxylation is 1. The van der Waals surface area contributed by atoms with Crippen molar-refractivity contribution in [1.82, 2.24) is 25.1 Å².